The molecule has 2 aliphatic rings. The van der Waals surface area contributed by atoms with Crippen LogP contribution in [0.4, 0.5) is 30.4 Å². The Labute approximate surface area is 204 Å². The standard InChI is InChI=1S/C24H26F3N5O4/c1-3-28-17-10-18(31-22-19(17)15(11-29-22)24(25,26)27)30-16-5-4-14(20-21(16)36-9-8-35-20)23(33)32-6-7-34-13(2)12-32/h4-5,10-11,13H,3,6-9,12H2,1-2H3,(H3,28,29,30,31)/t13-/m0/s1. The van der Waals surface area contributed by atoms with Crippen LogP contribution in [0.1, 0.15) is 29.8 Å². The van der Waals surface area contributed by atoms with Crippen LogP contribution >= 0.6 is 0 Å². The summed E-state index contributed by atoms with van der Waals surface area (Å²) in [6, 6.07) is 4.84. The number of H-pyrrole nitrogens is 1. The molecule has 1 amide bonds. The van der Waals surface area contributed by atoms with Gasteiger partial charge >= 0.3 is 6.18 Å². The van der Waals surface area contributed by atoms with Gasteiger partial charge in [-0.15, -0.1) is 0 Å². The van der Waals surface area contributed by atoms with E-state index in [4.69, 9.17) is 14.2 Å². The van der Waals surface area contributed by atoms with Crippen LogP contribution in [0.15, 0.2) is 24.4 Å². The number of morpholine rings is 1. The minimum atomic E-state index is -4.52. The molecule has 4 heterocycles. The predicted octanol–water partition coefficient (Wildman–Crippen LogP) is 4.39. The van der Waals surface area contributed by atoms with Crippen LogP contribution in [0.5, 0.6) is 11.5 Å². The number of ether oxygens (including phenoxy) is 3. The molecule has 1 aromatic carbocycles. The number of carbonyl (C=O) groups is 1. The van der Waals surface area contributed by atoms with E-state index < -0.39 is 11.7 Å². The van der Waals surface area contributed by atoms with Crippen LogP contribution in [-0.4, -0.2) is 66.3 Å². The smallest absolute Gasteiger partial charge is 0.418 e. The van der Waals surface area contributed by atoms with Crippen molar-refractivity contribution in [2.75, 3.05) is 50.1 Å². The van der Waals surface area contributed by atoms with E-state index in [1.54, 1.807) is 24.0 Å². The summed E-state index contributed by atoms with van der Waals surface area (Å²) >= 11 is 0. The summed E-state index contributed by atoms with van der Waals surface area (Å²) in [7, 11) is 0. The Kier molecular flexibility index (Phi) is 6.29. The molecular weight excluding hydrogens is 479 g/mol. The zero-order chi connectivity index (χ0) is 25.4. The fourth-order valence-electron chi connectivity index (χ4n) is 4.47. The molecule has 1 fully saturated rings. The molecule has 0 radical (unpaired) electrons. The number of anilines is 3. The normalized spacial score (nSPS) is 17.8. The van der Waals surface area contributed by atoms with Gasteiger partial charge < -0.3 is 34.7 Å². The molecule has 2 aromatic heterocycles. The second kappa shape index (κ2) is 9.41. The Bertz CT molecular complexity index is 1290. The summed E-state index contributed by atoms with van der Waals surface area (Å²) < 4.78 is 57.7. The van der Waals surface area contributed by atoms with Gasteiger partial charge in [0, 0.05) is 37.6 Å². The first-order valence-electron chi connectivity index (χ1n) is 11.7. The maximum absolute atomic E-state index is 13.5. The molecule has 0 saturated carbocycles. The molecule has 1 saturated heterocycles. The molecule has 0 bridgehead atoms. The van der Waals surface area contributed by atoms with Gasteiger partial charge in [-0.2, -0.15) is 13.2 Å². The first-order valence-corrected chi connectivity index (χ1v) is 11.7. The van der Waals surface area contributed by atoms with Gasteiger partial charge in [0.25, 0.3) is 5.91 Å². The molecule has 2 aliphatic heterocycles. The van der Waals surface area contributed by atoms with Gasteiger partial charge in [-0.3, -0.25) is 4.79 Å². The number of hydrogen-bond donors (Lipinski definition) is 3. The van der Waals surface area contributed by atoms with E-state index in [9.17, 15) is 18.0 Å². The highest BCUT2D eigenvalue weighted by Crippen LogP contribution is 2.43. The summed E-state index contributed by atoms with van der Waals surface area (Å²) in [6.45, 7) is 6.12. The second-order valence-electron chi connectivity index (χ2n) is 8.58. The van der Waals surface area contributed by atoms with Crippen LogP contribution in [0.2, 0.25) is 0 Å². The van der Waals surface area contributed by atoms with E-state index >= 15 is 0 Å². The summed E-state index contributed by atoms with van der Waals surface area (Å²) in [5, 5.41) is 6.08. The third-order valence-electron chi connectivity index (χ3n) is 6.02. The van der Waals surface area contributed by atoms with E-state index in [1.165, 1.54) is 6.07 Å². The number of amides is 1. The van der Waals surface area contributed by atoms with Crippen molar-refractivity contribution in [2.45, 2.75) is 26.1 Å². The number of aromatic amines is 1. The zero-order valence-electron chi connectivity index (χ0n) is 19.8. The highest BCUT2D eigenvalue weighted by Gasteiger charge is 2.35. The number of pyridine rings is 1. The molecule has 3 aromatic rings. The summed E-state index contributed by atoms with van der Waals surface area (Å²) in [5.41, 5.74) is 0.441. The Morgan fingerprint density at radius 3 is 2.69 bits per heavy atom. The highest BCUT2D eigenvalue weighted by molar-refractivity contribution is 6.00. The minimum absolute atomic E-state index is 0.0304. The lowest BCUT2D eigenvalue weighted by atomic mass is 10.1. The Morgan fingerprint density at radius 1 is 1.19 bits per heavy atom. The van der Waals surface area contributed by atoms with Crippen LogP contribution in [0.3, 0.4) is 0 Å². The van der Waals surface area contributed by atoms with E-state index in [0.717, 1.165) is 6.20 Å². The van der Waals surface area contributed by atoms with Gasteiger partial charge in [-0.1, -0.05) is 0 Å². The van der Waals surface area contributed by atoms with Gasteiger partial charge in [-0.05, 0) is 26.0 Å². The van der Waals surface area contributed by atoms with Crippen molar-refractivity contribution in [3.8, 4) is 11.5 Å². The second-order valence-corrected chi connectivity index (χ2v) is 8.58. The van der Waals surface area contributed by atoms with Gasteiger partial charge in [0.2, 0.25) is 0 Å². The number of rotatable bonds is 5. The third kappa shape index (κ3) is 4.48. The minimum Gasteiger partial charge on any atom is -0.485 e. The van der Waals surface area contributed by atoms with Gasteiger partial charge in [-0.25, -0.2) is 4.98 Å². The zero-order valence-corrected chi connectivity index (χ0v) is 19.8. The number of carbonyl (C=O) groups excluding carboxylic acids is 1. The SMILES string of the molecule is CCNc1cc(Nc2ccc(C(=O)N3CCO[C@@H](C)C3)c3c2OCCO3)nc2[nH]cc(C(F)(F)F)c12. The van der Waals surface area contributed by atoms with Crippen molar-refractivity contribution in [3.63, 3.8) is 0 Å². The lowest BCUT2D eigenvalue weighted by Gasteiger charge is -2.32. The molecule has 1 atom stereocenters. The monoisotopic (exact) mass is 505 g/mol. The number of alkyl halides is 3. The van der Waals surface area contributed by atoms with E-state index in [1.807, 2.05) is 6.92 Å². The maximum atomic E-state index is 13.5. The number of benzene rings is 1. The van der Waals surface area contributed by atoms with E-state index in [0.29, 0.717) is 54.8 Å². The fraction of sp³-hybridized carbons (Fsp3) is 0.417. The van der Waals surface area contributed by atoms with Crippen LogP contribution in [0.25, 0.3) is 11.0 Å². The predicted molar refractivity (Wildman–Crippen MR) is 127 cm³/mol. The topological polar surface area (TPSA) is 101 Å². The average Bonchev–Trinajstić information content (AvgIpc) is 3.29. The lowest BCUT2D eigenvalue weighted by Crippen LogP contribution is -2.44. The number of halogens is 3. The average molecular weight is 505 g/mol. The molecule has 0 spiro atoms. The highest BCUT2D eigenvalue weighted by atomic mass is 19.4. The Hall–Kier alpha value is -3.67. The Balaban J connectivity index is 1.50. The molecule has 36 heavy (non-hydrogen) atoms. The van der Waals surface area contributed by atoms with Gasteiger partial charge in [0.15, 0.2) is 11.5 Å². The van der Waals surface area contributed by atoms with Crippen LogP contribution < -0.4 is 20.1 Å². The molecular formula is C24H26F3N5O4. The molecule has 9 nitrogen and oxygen atoms in total. The number of nitrogens with one attached hydrogen (secondary N) is 3. The number of hydrogen-bond acceptors (Lipinski definition) is 7. The number of nitrogens with zero attached hydrogens (tertiary/aromatic N) is 2. The van der Waals surface area contributed by atoms with Crippen molar-refractivity contribution in [1.29, 1.82) is 0 Å². The molecule has 3 N–H and O–H groups in total. The van der Waals surface area contributed by atoms with Gasteiger partial charge in [0.05, 0.1) is 34.9 Å². The maximum Gasteiger partial charge on any atom is 0.418 e. The fourth-order valence-corrected chi connectivity index (χ4v) is 4.47. The van der Waals surface area contributed by atoms with Crippen molar-refractivity contribution in [1.82, 2.24) is 14.9 Å². The molecule has 0 aliphatic carbocycles. The van der Waals surface area contributed by atoms with E-state index in [-0.39, 0.29) is 41.9 Å². The molecule has 5 rings (SSSR count). The number of fused-ring (bicyclic) bond motifs is 2. The largest absolute Gasteiger partial charge is 0.485 e. The van der Waals surface area contributed by atoms with E-state index in [2.05, 4.69) is 20.6 Å². The lowest BCUT2D eigenvalue weighted by molar-refractivity contribution is -0.136. The van der Waals surface area contributed by atoms with Crippen molar-refractivity contribution >= 4 is 34.1 Å². The number of aromatic nitrogens is 2. The summed E-state index contributed by atoms with van der Waals surface area (Å²) in [5.74, 6) is 0.787. The van der Waals surface area contributed by atoms with Crippen molar-refractivity contribution in [2.24, 2.45) is 0 Å². The van der Waals surface area contributed by atoms with Gasteiger partial charge in [0.1, 0.15) is 24.7 Å². The first kappa shape index (κ1) is 24.0. The summed E-state index contributed by atoms with van der Waals surface area (Å²) in [6.07, 6.45) is -3.67. The first-order chi connectivity index (χ1) is 17.3. The van der Waals surface area contributed by atoms with Crippen LogP contribution in [-0.2, 0) is 10.9 Å². The molecule has 12 heteroatoms. The third-order valence-corrected chi connectivity index (χ3v) is 6.02. The van der Waals surface area contributed by atoms with Crippen LogP contribution in [0, 0.1) is 0 Å². The summed E-state index contributed by atoms with van der Waals surface area (Å²) in [4.78, 5) is 21.9. The molecule has 0 unspecified atom stereocenters. The van der Waals surface area contributed by atoms with Crippen molar-refractivity contribution in [3.05, 3.63) is 35.5 Å². The van der Waals surface area contributed by atoms with Crippen molar-refractivity contribution < 1.29 is 32.2 Å². The Morgan fingerprint density at radius 2 is 1.97 bits per heavy atom. The molecule has 192 valence electrons. The quantitative estimate of drug-likeness (QED) is 0.473.